The molecule has 9 heteroatoms. The molecule has 3 rings (SSSR count). The Balaban J connectivity index is 1.74. The molecule has 0 bridgehead atoms. The molecule has 2 aliphatic rings. The molecule has 9 nitrogen and oxygen atoms in total. The van der Waals surface area contributed by atoms with E-state index in [2.05, 4.69) is 0 Å². The summed E-state index contributed by atoms with van der Waals surface area (Å²) in [7, 11) is 0. The van der Waals surface area contributed by atoms with Gasteiger partial charge in [-0.3, -0.25) is 0 Å². The molecular formula is C23H30O9. The molecule has 1 saturated heterocycles. The molecule has 1 aromatic carbocycles. The number of ether oxygens (including phenoxy) is 3. The summed E-state index contributed by atoms with van der Waals surface area (Å²) >= 11 is 0. The Labute approximate surface area is 186 Å². The summed E-state index contributed by atoms with van der Waals surface area (Å²) in [6.07, 6.45) is 0.683. The lowest BCUT2D eigenvalue weighted by atomic mass is 9.79. The van der Waals surface area contributed by atoms with E-state index in [1.165, 1.54) is 24.3 Å². The number of aliphatic hydroxyl groups excluding tert-OH is 2. The molecule has 4 N–H and O–H groups in total. The third-order valence-electron chi connectivity index (χ3n) is 5.82. The van der Waals surface area contributed by atoms with Crippen LogP contribution in [0, 0.1) is 0 Å². The molecule has 1 aromatic rings. The van der Waals surface area contributed by atoms with Gasteiger partial charge in [-0.1, -0.05) is 19.9 Å². The first-order valence-electron chi connectivity index (χ1n) is 10.8. The number of esters is 2. The number of carbonyl (C=O) groups excluding carboxylic acids is 2. The van der Waals surface area contributed by atoms with Crippen LogP contribution < -0.4 is 0 Å². The van der Waals surface area contributed by atoms with Crippen LogP contribution in [-0.2, 0) is 23.8 Å². The number of hydrogen-bond acceptors (Lipinski definition) is 9. The highest BCUT2D eigenvalue weighted by molar-refractivity contribution is 5.87. The Morgan fingerprint density at radius 2 is 1.84 bits per heavy atom. The van der Waals surface area contributed by atoms with Gasteiger partial charge in [0.25, 0.3) is 0 Å². The lowest BCUT2D eigenvalue weighted by molar-refractivity contribution is -0.227. The largest absolute Gasteiger partial charge is 0.504 e. The summed E-state index contributed by atoms with van der Waals surface area (Å²) in [5.41, 5.74) is -1.06. The first-order valence-corrected chi connectivity index (χ1v) is 10.8. The Hall–Kier alpha value is -2.62. The highest BCUT2D eigenvalue weighted by atomic mass is 16.8. The van der Waals surface area contributed by atoms with Gasteiger partial charge in [-0.25, -0.2) is 9.59 Å². The van der Waals surface area contributed by atoms with Gasteiger partial charge in [0.1, 0.15) is 12.2 Å². The quantitative estimate of drug-likeness (QED) is 0.279. The van der Waals surface area contributed by atoms with Crippen molar-refractivity contribution in [3.8, 4) is 11.5 Å². The fourth-order valence-corrected chi connectivity index (χ4v) is 4.37. The molecule has 4 atom stereocenters. The summed E-state index contributed by atoms with van der Waals surface area (Å²) in [6, 6.07) is 4.01. The monoisotopic (exact) mass is 450 g/mol. The average Bonchev–Trinajstić information content (AvgIpc) is 2.97. The standard InChI is InChI=1S/C23H30O9/c1-3-9-23(10-4-2)31-21(29)22(32-23)12-17(26)20(28)18(13-22)30-19(27)8-6-14-5-7-15(24)16(25)11-14/h5-8,11,17-18,20,24-26,28H,3-4,9-10,12-13H2,1-2H3/b8-6+/t17-,18-,20+,22-/m1/s1. The summed E-state index contributed by atoms with van der Waals surface area (Å²) in [4.78, 5) is 25.2. The fourth-order valence-electron chi connectivity index (χ4n) is 4.37. The van der Waals surface area contributed by atoms with E-state index in [4.69, 9.17) is 14.2 Å². The van der Waals surface area contributed by atoms with Gasteiger partial charge >= 0.3 is 11.9 Å². The normalized spacial score (nSPS) is 29.4. The zero-order chi connectivity index (χ0) is 23.5. The molecule has 0 radical (unpaired) electrons. The Bertz CT molecular complexity index is 874. The molecular weight excluding hydrogens is 420 g/mol. The number of phenolic OH excluding ortho intramolecular Hbond substituents is 2. The second-order valence-corrected chi connectivity index (χ2v) is 8.42. The molecule has 32 heavy (non-hydrogen) atoms. The van der Waals surface area contributed by atoms with E-state index >= 15 is 0 Å². The molecule has 1 aliphatic heterocycles. The molecule has 0 aromatic heterocycles. The zero-order valence-electron chi connectivity index (χ0n) is 18.2. The SMILES string of the molecule is CCCC1(CCC)OC(=O)[C@]2(C[C@@H](O)[C@H](O)[C@H](OC(=O)/C=C/c3ccc(O)c(O)c3)C2)O1. The molecule has 1 aliphatic carbocycles. The van der Waals surface area contributed by atoms with Gasteiger partial charge in [0.2, 0.25) is 5.79 Å². The minimum Gasteiger partial charge on any atom is -0.504 e. The van der Waals surface area contributed by atoms with Gasteiger partial charge in [-0.2, -0.15) is 0 Å². The summed E-state index contributed by atoms with van der Waals surface area (Å²) in [5, 5.41) is 39.7. The van der Waals surface area contributed by atoms with Crippen LogP contribution in [0.25, 0.3) is 6.08 Å². The van der Waals surface area contributed by atoms with Crippen molar-refractivity contribution in [1.29, 1.82) is 0 Å². The lowest BCUT2D eigenvalue weighted by Gasteiger charge is -2.40. The van der Waals surface area contributed by atoms with E-state index in [0.29, 0.717) is 18.4 Å². The van der Waals surface area contributed by atoms with Gasteiger partial charge < -0.3 is 34.6 Å². The summed E-state index contributed by atoms with van der Waals surface area (Å²) in [6.45, 7) is 3.90. The van der Waals surface area contributed by atoms with Crippen LogP contribution in [0.2, 0.25) is 0 Å². The lowest BCUT2D eigenvalue weighted by Crippen LogP contribution is -2.56. The maximum Gasteiger partial charge on any atom is 0.341 e. The number of rotatable bonds is 7. The Morgan fingerprint density at radius 3 is 2.47 bits per heavy atom. The van der Waals surface area contributed by atoms with Crippen molar-refractivity contribution in [3.63, 3.8) is 0 Å². The second-order valence-electron chi connectivity index (χ2n) is 8.42. The fraction of sp³-hybridized carbons (Fsp3) is 0.565. The van der Waals surface area contributed by atoms with Crippen molar-refractivity contribution in [2.45, 2.75) is 82.1 Å². The zero-order valence-corrected chi connectivity index (χ0v) is 18.2. The van der Waals surface area contributed by atoms with Gasteiger partial charge in [-0.05, 0) is 36.6 Å². The number of cyclic esters (lactones) is 1. The maximum atomic E-state index is 12.8. The van der Waals surface area contributed by atoms with Crippen molar-refractivity contribution in [2.24, 2.45) is 0 Å². The molecule has 1 spiro atoms. The number of phenols is 2. The van der Waals surface area contributed by atoms with Crippen LogP contribution in [0.4, 0.5) is 0 Å². The number of benzene rings is 1. The third kappa shape index (κ3) is 4.90. The van der Waals surface area contributed by atoms with Crippen LogP contribution in [0.3, 0.4) is 0 Å². The molecule has 0 amide bonds. The van der Waals surface area contributed by atoms with Gasteiger partial charge in [0, 0.05) is 31.8 Å². The van der Waals surface area contributed by atoms with E-state index in [-0.39, 0.29) is 24.3 Å². The number of aliphatic hydroxyl groups is 2. The third-order valence-corrected chi connectivity index (χ3v) is 5.82. The van der Waals surface area contributed by atoms with Crippen LogP contribution in [0.15, 0.2) is 24.3 Å². The van der Waals surface area contributed by atoms with Crippen molar-refractivity contribution < 1.29 is 44.2 Å². The topological polar surface area (TPSA) is 143 Å². The molecule has 0 unspecified atom stereocenters. The minimum atomic E-state index is -1.50. The van der Waals surface area contributed by atoms with Crippen LogP contribution in [-0.4, -0.2) is 62.1 Å². The first kappa shape index (κ1) is 24.0. The number of aromatic hydroxyl groups is 2. The Morgan fingerprint density at radius 1 is 1.16 bits per heavy atom. The van der Waals surface area contributed by atoms with Crippen LogP contribution in [0.1, 0.15) is 57.9 Å². The van der Waals surface area contributed by atoms with Gasteiger partial charge in [0.15, 0.2) is 17.1 Å². The van der Waals surface area contributed by atoms with Gasteiger partial charge in [-0.15, -0.1) is 0 Å². The van der Waals surface area contributed by atoms with Crippen LogP contribution >= 0.6 is 0 Å². The predicted octanol–water partition coefficient (Wildman–Crippen LogP) is 2.15. The van der Waals surface area contributed by atoms with Crippen molar-refractivity contribution >= 4 is 18.0 Å². The molecule has 176 valence electrons. The van der Waals surface area contributed by atoms with Gasteiger partial charge in [0.05, 0.1) is 6.10 Å². The smallest absolute Gasteiger partial charge is 0.341 e. The molecule has 2 fully saturated rings. The maximum absolute atomic E-state index is 12.8. The van der Waals surface area contributed by atoms with E-state index in [0.717, 1.165) is 18.9 Å². The number of carbonyl (C=O) groups is 2. The Kier molecular flexibility index (Phi) is 7.12. The molecule has 1 heterocycles. The first-order chi connectivity index (χ1) is 15.1. The van der Waals surface area contributed by atoms with Crippen molar-refractivity contribution in [2.75, 3.05) is 0 Å². The van der Waals surface area contributed by atoms with Crippen LogP contribution in [0.5, 0.6) is 11.5 Å². The highest BCUT2D eigenvalue weighted by Crippen LogP contribution is 2.46. The van der Waals surface area contributed by atoms with E-state index in [1.807, 2.05) is 13.8 Å². The predicted molar refractivity (Wildman–Crippen MR) is 112 cm³/mol. The summed E-state index contributed by atoms with van der Waals surface area (Å²) in [5.74, 6) is -3.15. The van der Waals surface area contributed by atoms with Crippen molar-refractivity contribution in [3.05, 3.63) is 29.8 Å². The minimum absolute atomic E-state index is 0.140. The highest BCUT2D eigenvalue weighted by Gasteiger charge is 2.62. The van der Waals surface area contributed by atoms with Crippen molar-refractivity contribution in [1.82, 2.24) is 0 Å². The van der Waals surface area contributed by atoms with E-state index in [9.17, 15) is 30.0 Å². The van der Waals surface area contributed by atoms with E-state index in [1.54, 1.807) is 0 Å². The number of hydrogen-bond donors (Lipinski definition) is 4. The summed E-state index contributed by atoms with van der Waals surface area (Å²) < 4.78 is 17.1. The molecule has 1 saturated carbocycles. The average molecular weight is 450 g/mol. The van der Waals surface area contributed by atoms with E-state index < -0.39 is 41.6 Å². The second kappa shape index (κ2) is 9.48.